The number of phenolic OH excluding ortho intramolecular Hbond substituents is 1. The quantitative estimate of drug-likeness (QED) is 0.888. The zero-order valence-corrected chi connectivity index (χ0v) is 11.7. The standard InChI is InChI=1S/C15H15NO2.CO2/c1-10-4-3-5-12(6-10)15(18)16-13-7-11(2)8-14(17)9-13;2-1-3/h3-9,17H,1-2H3,(H,16,18);. The maximum atomic E-state index is 12.0. The molecule has 0 heterocycles. The number of aromatic hydroxyl groups is 1. The molecule has 0 bridgehead atoms. The number of benzene rings is 2. The molecule has 0 aliphatic carbocycles. The van der Waals surface area contributed by atoms with Gasteiger partial charge in [-0.25, -0.2) is 0 Å². The van der Waals surface area contributed by atoms with Gasteiger partial charge in [0.15, 0.2) is 0 Å². The zero-order valence-electron chi connectivity index (χ0n) is 11.7. The lowest BCUT2D eigenvalue weighted by molar-refractivity contribution is -0.191. The van der Waals surface area contributed by atoms with Crippen molar-refractivity contribution in [2.45, 2.75) is 13.8 Å². The molecule has 0 fully saturated rings. The third-order valence-corrected chi connectivity index (χ3v) is 2.60. The predicted molar refractivity (Wildman–Crippen MR) is 77.0 cm³/mol. The van der Waals surface area contributed by atoms with E-state index in [9.17, 15) is 9.90 Å². The van der Waals surface area contributed by atoms with Crippen LogP contribution in [0.25, 0.3) is 0 Å². The Morgan fingerprint density at radius 3 is 2.29 bits per heavy atom. The first kappa shape index (κ1) is 16.1. The number of hydrogen-bond acceptors (Lipinski definition) is 4. The van der Waals surface area contributed by atoms with E-state index < -0.39 is 0 Å². The molecule has 0 saturated heterocycles. The lowest BCUT2D eigenvalue weighted by atomic mass is 10.1. The van der Waals surface area contributed by atoms with Gasteiger partial charge in [0.05, 0.1) is 0 Å². The fraction of sp³-hybridized carbons (Fsp3) is 0.125. The van der Waals surface area contributed by atoms with Gasteiger partial charge in [-0.3, -0.25) is 4.79 Å². The van der Waals surface area contributed by atoms with Gasteiger partial charge in [-0.15, -0.1) is 0 Å². The number of phenols is 1. The fourth-order valence-electron chi connectivity index (χ4n) is 1.82. The molecule has 0 saturated carbocycles. The molecule has 5 nitrogen and oxygen atoms in total. The van der Waals surface area contributed by atoms with Crippen molar-refractivity contribution in [3.63, 3.8) is 0 Å². The average Bonchev–Trinajstić information content (AvgIpc) is 2.38. The van der Waals surface area contributed by atoms with E-state index in [-0.39, 0.29) is 17.8 Å². The van der Waals surface area contributed by atoms with Crippen LogP contribution in [0.2, 0.25) is 0 Å². The van der Waals surface area contributed by atoms with Crippen molar-refractivity contribution >= 4 is 17.7 Å². The Labute approximate surface area is 122 Å². The molecule has 0 unspecified atom stereocenters. The molecule has 2 rings (SSSR count). The minimum absolute atomic E-state index is 0.148. The molecule has 5 heteroatoms. The Balaban J connectivity index is 0.000000677. The van der Waals surface area contributed by atoms with Gasteiger partial charge in [0.1, 0.15) is 5.75 Å². The highest BCUT2D eigenvalue weighted by molar-refractivity contribution is 6.04. The molecule has 0 aliphatic heterocycles. The molecule has 1 amide bonds. The summed E-state index contributed by atoms with van der Waals surface area (Å²) in [6.45, 7) is 3.80. The molecule has 2 aromatic rings. The summed E-state index contributed by atoms with van der Waals surface area (Å²) in [4.78, 5) is 28.2. The summed E-state index contributed by atoms with van der Waals surface area (Å²) in [5, 5.41) is 12.2. The van der Waals surface area contributed by atoms with Crippen LogP contribution in [0.15, 0.2) is 42.5 Å². The number of amides is 1. The van der Waals surface area contributed by atoms with Gasteiger partial charge in [0.2, 0.25) is 0 Å². The smallest absolute Gasteiger partial charge is 0.373 e. The first-order chi connectivity index (χ1) is 9.96. The van der Waals surface area contributed by atoms with E-state index in [4.69, 9.17) is 9.59 Å². The number of rotatable bonds is 2. The first-order valence-corrected chi connectivity index (χ1v) is 6.14. The lowest BCUT2D eigenvalue weighted by Crippen LogP contribution is -2.11. The molecule has 0 aliphatic rings. The van der Waals surface area contributed by atoms with Crippen LogP contribution in [0.5, 0.6) is 5.75 Å². The Kier molecular flexibility index (Phi) is 5.86. The molecule has 0 spiro atoms. The van der Waals surface area contributed by atoms with Gasteiger partial charge in [0, 0.05) is 17.3 Å². The van der Waals surface area contributed by atoms with Crippen LogP contribution in [-0.4, -0.2) is 17.2 Å². The minimum atomic E-state index is -0.177. The summed E-state index contributed by atoms with van der Waals surface area (Å²) in [5.74, 6) is -0.0294. The Morgan fingerprint density at radius 1 is 1.05 bits per heavy atom. The van der Waals surface area contributed by atoms with Gasteiger partial charge in [-0.05, 0) is 43.7 Å². The summed E-state index contributed by atoms with van der Waals surface area (Å²) in [6.07, 6.45) is 0.250. The number of carbonyl (C=O) groups is 1. The minimum Gasteiger partial charge on any atom is -0.508 e. The average molecular weight is 285 g/mol. The molecule has 2 N–H and O–H groups in total. The van der Waals surface area contributed by atoms with Crippen LogP contribution >= 0.6 is 0 Å². The van der Waals surface area contributed by atoms with Crippen LogP contribution in [0, 0.1) is 13.8 Å². The molecule has 0 atom stereocenters. The number of aryl methyl sites for hydroxylation is 2. The van der Waals surface area contributed by atoms with Crippen molar-refractivity contribution in [1.29, 1.82) is 0 Å². The lowest BCUT2D eigenvalue weighted by Gasteiger charge is -2.07. The van der Waals surface area contributed by atoms with Crippen LogP contribution in [-0.2, 0) is 9.59 Å². The monoisotopic (exact) mass is 285 g/mol. The highest BCUT2D eigenvalue weighted by Gasteiger charge is 2.06. The van der Waals surface area contributed by atoms with E-state index in [1.165, 1.54) is 6.07 Å². The summed E-state index contributed by atoms with van der Waals surface area (Å²) in [7, 11) is 0. The van der Waals surface area contributed by atoms with E-state index in [2.05, 4.69) is 5.32 Å². The van der Waals surface area contributed by atoms with Gasteiger partial charge >= 0.3 is 6.15 Å². The molecule has 0 aromatic heterocycles. The molecular formula is C16H15NO4. The van der Waals surface area contributed by atoms with Crippen molar-refractivity contribution in [3.8, 4) is 5.75 Å². The van der Waals surface area contributed by atoms with E-state index in [1.54, 1.807) is 12.1 Å². The predicted octanol–water partition coefficient (Wildman–Crippen LogP) is 2.68. The summed E-state index contributed by atoms with van der Waals surface area (Å²) in [6, 6.07) is 12.4. The molecule has 21 heavy (non-hydrogen) atoms. The van der Waals surface area contributed by atoms with Gasteiger partial charge in [-0.1, -0.05) is 17.7 Å². The maximum absolute atomic E-state index is 12.0. The highest BCUT2D eigenvalue weighted by Crippen LogP contribution is 2.19. The van der Waals surface area contributed by atoms with Crippen LogP contribution in [0.1, 0.15) is 21.5 Å². The topological polar surface area (TPSA) is 83.5 Å². The Bertz CT molecular complexity index is 653. The largest absolute Gasteiger partial charge is 0.508 e. The maximum Gasteiger partial charge on any atom is 0.373 e. The van der Waals surface area contributed by atoms with Gasteiger partial charge < -0.3 is 10.4 Å². The van der Waals surface area contributed by atoms with Crippen molar-refractivity contribution in [2.75, 3.05) is 5.32 Å². The number of hydrogen-bond donors (Lipinski definition) is 2. The van der Waals surface area contributed by atoms with Crippen LogP contribution < -0.4 is 5.32 Å². The van der Waals surface area contributed by atoms with Gasteiger partial charge in [0.25, 0.3) is 5.91 Å². The second-order valence-corrected chi connectivity index (χ2v) is 4.46. The molecular weight excluding hydrogens is 270 g/mol. The first-order valence-electron chi connectivity index (χ1n) is 6.14. The van der Waals surface area contributed by atoms with Crippen molar-refractivity contribution in [1.82, 2.24) is 0 Å². The highest BCUT2D eigenvalue weighted by atomic mass is 16.3. The number of nitrogens with one attached hydrogen (secondary N) is 1. The Morgan fingerprint density at radius 2 is 1.71 bits per heavy atom. The van der Waals surface area contributed by atoms with E-state index in [1.807, 2.05) is 38.1 Å². The van der Waals surface area contributed by atoms with Gasteiger partial charge in [-0.2, -0.15) is 9.59 Å². The third-order valence-electron chi connectivity index (χ3n) is 2.60. The molecule has 108 valence electrons. The SMILES string of the molecule is Cc1cc(O)cc(NC(=O)c2cccc(C)c2)c1.O=C=O. The van der Waals surface area contributed by atoms with Crippen LogP contribution in [0.3, 0.4) is 0 Å². The summed E-state index contributed by atoms with van der Waals surface area (Å²) < 4.78 is 0. The van der Waals surface area contributed by atoms with Crippen molar-refractivity contribution < 1.29 is 19.5 Å². The van der Waals surface area contributed by atoms with E-state index in [0.29, 0.717) is 11.3 Å². The zero-order chi connectivity index (χ0) is 15.8. The van der Waals surface area contributed by atoms with Crippen LogP contribution in [0.4, 0.5) is 5.69 Å². The number of anilines is 1. The normalized spacial score (nSPS) is 9.05. The van der Waals surface area contributed by atoms with Crippen molar-refractivity contribution in [2.24, 2.45) is 0 Å². The second kappa shape index (κ2) is 7.62. The van der Waals surface area contributed by atoms with Crippen molar-refractivity contribution in [3.05, 3.63) is 59.2 Å². The summed E-state index contributed by atoms with van der Waals surface area (Å²) in [5.41, 5.74) is 3.14. The fourth-order valence-corrected chi connectivity index (χ4v) is 1.82. The molecule has 2 aromatic carbocycles. The van der Waals surface area contributed by atoms with E-state index >= 15 is 0 Å². The third kappa shape index (κ3) is 5.30. The Hall–Kier alpha value is -2.91. The second-order valence-electron chi connectivity index (χ2n) is 4.46. The number of carbonyl (C=O) groups excluding carboxylic acids is 3. The summed E-state index contributed by atoms with van der Waals surface area (Å²) >= 11 is 0. The molecule has 0 radical (unpaired) electrons. The van der Waals surface area contributed by atoms with E-state index in [0.717, 1.165) is 11.1 Å².